The van der Waals surface area contributed by atoms with Gasteiger partial charge in [-0.3, -0.25) is 0 Å². The van der Waals surface area contributed by atoms with Gasteiger partial charge in [0.1, 0.15) is 11.3 Å². The number of hydrogen-bond donors (Lipinski definition) is 0. The van der Waals surface area contributed by atoms with E-state index in [0.717, 1.165) is 17.8 Å². The smallest absolute Gasteiger partial charge is 0.134 e. The molecular formula is C14H18O. The van der Waals surface area contributed by atoms with E-state index in [1.807, 2.05) is 6.92 Å². The first-order valence-electron chi connectivity index (χ1n) is 5.56. The highest BCUT2D eigenvalue weighted by Crippen LogP contribution is 2.26. The van der Waals surface area contributed by atoms with Gasteiger partial charge in [-0.1, -0.05) is 19.9 Å². The normalized spacial score (nSPS) is 11.5. The lowest BCUT2D eigenvalue weighted by molar-refractivity contribution is 0.575. The summed E-state index contributed by atoms with van der Waals surface area (Å²) < 4.78 is 5.66. The highest BCUT2D eigenvalue weighted by atomic mass is 16.3. The maximum absolute atomic E-state index is 5.66. The molecule has 2 aromatic rings. The van der Waals surface area contributed by atoms with E-state index < -0.39 is 0 Å². The predicted octanol–water partition coefficient (Wildman–Crippen LogP) is 4.25. The average molecular weight is 202 g/mol. The standard InChI is InChI=1S/C14H18O/c1-9(2)7-12-5-6-14-13(8-12)10(3)11(4)15-14/h5-6,8-9H,7H2,1-4H3. The Kier molecular flexibility index (Phi) is 2.56. The van der Waals surface area contributed by atoms with Gasteiger partial charge in [-0.2, -0.15) is 0 Å². The van der Waals surface area contributed by atoms with Crippen LogP contribution in [0, 0.1) is 19.8 Å². The van der Waals surface area contributed by atoms with E-state index in [4.69, 9.17) is 4.42 Å². The van der Waals surface area contributed by atoms with Gasteiger partial charge in [0.25, 0.3) is 0 Å². The number of hydrogen-bond acceptors (Lipinski definition) is 1. The van der Waals surface area contributed by atoms with Crippen LogP contribution in [0.3, 0.4) is 0 Å². The molecule has 1 aromatic heterocycles. The molecule has 15 heavy (non-hydrogen) atoms. The first kappa shape index (κ1) is 10.3. The van der Waals surface area contributed by atoms with E-state index in [-0.39, 0.29) is 0 Å². The van der Waals surface area contributed by atoms with Crippen molar-refractivity contribution in [2.75, 3.05) is 0 Å². The minimum Gasteiger partial charge on any atom is -0.461 e. The van der Waals surface area contributed by atoms with Crippen molar-refractivity contribution < 1.29 is 4.42 Å². The Balaban J connectivity index is 2.49. The van der Waals surface area contributed by atoms with E-state index >= 15 is 0 Å². The van der Waals surface area contributed by atoms with Crippen LogP contribution in [-0.4, -0.2) is 0 Å². The molecular weight excluding hydrogens is 184 g/mol. The first-order chi connectivity index (χ1) is 7.08. The molecule has 0 saturated carbocycles. The van der Waals surface area contributed by atoms with Crippen LogP contribution in [0.25, 0.3) is 11.0 Å². The molecule has 2 rings (SSSR count). The lowest BCUT2D eigenvalue weighted by Gasteiger charge is -2.04. The third-order valence-corrected chi connectivity index (χ3v) is 2.88. The van der Waals surface area contributed by atoms with Crippen LogP contribution < -0.4 is 0 Å². The zero-order valence-electron chi connectivity index (χ0n) is 9.92. The van der Waals surface area contributed by atoms with Gasteiger partial charge in [0.05, 0.1) is 0 Å². The van der Waals surface area contributed by atoms with Gasteiger partial charge in [-0.05, 0) is 49.4 Å². The summed E-state index contributed by atoms with van der Waals surface area (Å²) >= 11 is 0. The van der Waals surface area contributed by atoms with Crippen molar-refractivity contribution in [3.8, 4) is 0 Å². The Morgan fingerprint density at radius 3 is 2.60 bits per heavy atom. The number of fused-ring (bicyclic) bond motifs is 1. The molecule has 0 aliphatic heterocycles. The van der Waals surface area contributed by atoms with Gasteiger partial charge >= 0.3 is 0 Å². The second-order valence-electron chi connectivity index (χ2n) is 4.71. The van der Waals surface area contributed by atoms with E-state index in [1.54, 1.807) is 0 Å². The largest absolute Gasteiger partial charge is 0.461 e. The van der Waals surface area contributed by atoms with E-state index in [2.05, 4.69) is 39.0 Å². The minimum absolute atomic E-state index is 0.704. The summed E-state index contributed by atoms with van der Waals surface area (Å²) in [5.41, 5.74) is 3.69. The van der Waals surface area contributed by atoms with Crippen LogP contribution in [0.2, 0.25) is 0 Å². The summed E-state index contributed by atoms with van der Waals surface area (Å²) in [6.07, 6.45) is 1.14. The molecule has 0 N–H and O–H groups in total. The monoisotopic (exact) mass is 202 g/mol. The molecule has 0 atom stereocenters. The molecule has 0 bridgehead atoms. The molecule has 0 unspecified atom stereocenters. The third kappa shape index (κ3) is 1.92. The Morgan fingerprint density at radius 2 is 1.93 bits per heavy atom. The van der Waals surface area contributed by atoms with Crippen LogP contribution >= 0.6 is 0 Å². The molecule has 0 radical (unpaired) electrons. The van der Waals surface area contributed by atoms with Crippen LogP contribution in [0.15, 0.2) is 22.6 Å². The fourth-order valence-corrected chi connectivity index (χ4v) is 1.99. The summed E-state index contributed by atoms with van der Waals surface area (Å²) in [7, 11) is 0. The van der Waals surface area contributed by atoms with Crippen molar-refractivity contribution in [3.63, 3.8) is 0 Å². The Bertz CT molecular complexity index is 477. The fraction of sp³-hybridized carbons (Fsp3) is 0.429. The predicted molar refractivity (Wildman–Crippen MR) is 64.2 cm³/mol. The number of aryl methyl sites for hydroxylation is 2. The van der Waals surface area contributed by atoms with Gasteiger partial charge in [0, 0.05) is 5.39 Å². The Labute approximate surface area is 91.1 Å². The summed E-state index contributed by atoms with van der Waals surface area (Å²) in [5, 5.41) is 1.27. The molecule has 0 aliphatic rings. The SMILES string of the molecule is Cc1oc2ccc(CC(C)C)cc2c1C. The quantitative estimate of drug-likeness (QED) is 0.709. The van der Waals surface area contributed by atoms with Crippen molar-refractivity contribution >= 4 is 11.0 Å². The van der Waals surface area contributed by atoms with Crippen LogP contribution in [0.1, 0.15) is 30.7 Å². The summed E-state index contributed by atoms with van der Waals surface area (Å²) in [6.45, 7) is 8.65. The van der Waals surface area contributed by atoms with E-state index in [0.29, 0.717) is 5.92 Å². The Hall–Kier alpha value is -1.24. The van der Waals surface area contributed by atoms with Crippen LogP contribution in [0.4, 0.5) is 0 Å². The molecule has 1 heterocycles. The van der Waals surface area contributed by atoms with Crippen molar-refractivity contribution in [1.82, 2.24) is 0 Å². The fourth-order valence-electron chi connectivity index (χ4n) is 1.99. The summed E-state index contributed by atoms with van der Waals surface area (Å²) in [6, 6.07) is 6.53. The molecule has 1 aromatic carbocycles. The van der Waals surface area contributed by atoms with Gasteiger partial charge in [-0.15, -0.1) is 0 Å². The zero-order chi connectivity index (χ0) is 11.0. The molecule has 1 heteroatoms. The zero-order valence-corrected chi connectivity index (χ0v) is 9.92. The topological polar surface area (TPSA) is 13.1 Å². The number of furan rings is 1. The third-order valence-electron chi connectivity index (χ3n) is 2.88. The average Bonchev–Trinajstić information content (AvgIpc) is 2.43. The van der Waals surface area contributed by atoms with Crippen LogP contribution in [-0.2, 0) is 6.42 Å². The highest BCUT2D eigenvalue weighted by Gasteiger charge is 2.07. The van der Waals surface area contributed by atoms with E-state index in [1.165, 1.54) is 16.5 Å². The van der Waals surface area contributed by atoms with Crippen LogP contribution in [0.5, 0.6) is 0 Å². The van der Waals surface area contributed by atoms with E-state index in [9.17, 15) is 0 Å². The van der Waals surface area contributed by atoms with Gasteiger partial charge < -0.3 is 4.42 Å². The first-order valence-corrected chi connectivity index (χ1v) is 5.56. The molecule has 80 valence electrons. The second-order valence-corrected chi connectivity index (χ2v) is 4.71. The minimum atomic E-state index is 0.704. The second kappa shape index (κ2) is 3.73. The van der Waals surface area contributed by atoms with Gasteiger partial charge in [-0.25, -0.2) is 0 Å². The number of benzene rings is 1. The maximum Gasteiger partial charge on any atom is 0.134 e. The molecule has 1 nitrogen and oxygen atoms in total. The maximum atomic E-state index is 5.66. The van der Waals surface area contributed by atoms with Gasteiger partial charge in [0.2, 0.25) is 0 Å². The number of rotatable bonds is 2. The molecule has 0 spiro atoms. The summed E-state index contributed by atoms with van der Waals surface area (Å²) in [5.74, 6) is 1.74. The van der Waals surface area contributed by atoms with Crippen molar-refractivity contribution in [3.05, 3.63) is 35.1 Å². The van der Waals surface area contributed by atoms with Crippen molar-refractivity contribution in [1.29, 1.82) is 0 Å². The Morgan fingerprint density at radius 1 is 1.20 bits per heavy atom. The van der Waals surface area contributed by atoms with Crippen molar-refractivity contribution in [2.45, 2.75) is 34.1 Å². The van der Waals surface area contributed by atoms with Gasteiger partial charge in [0.15, 0.2) is 0 Å². The molecule has 0 fully saturated rings. The van der Waals surface area contributed by atoms with Crippen molar-refractivity contribution in [2.24, 2.45) is 5.92 Å². The molecule has 0 amide bonds. The lowest BCUT2D eigenvalue weighted by atomic mass is 10.0. The highest BCUT2D eigenvalue weighted by molar-refractivity contribution is 5.82. The molecule has 0 saturated heterocycles. The lowest BCUT2D eigenvalue weighted by Crippen LogP contribution is -1.93. The summed E-state index contributed by atoms with van der Waals surface area (Å²) in [4.78, 5) is 0. The molecule has 0 aliphatic carbocycles.